The Hall–Kier alpha value is -0.820. The highest BCUT2D eigenvalue weighted by Gasteiger charge is 2.28. The molecule has 0 spiro atoms. The molecule has 0 aromatic carbocycles. The maximum atomic E-state index is 11.6. The molecule has 78 valence electrons. The molecule has 13 heavy (non-hydrogen) atoms. The third kappa shape index (κ3) is 6.35. The van der Waals surface area contributed by atoms with Crippen LogP contribution in [0.15, 0.2) is 0 Å². The van der Waals surface area contributed by atoms with Gasteiger partial charge in [-0.1, -0.05) is 0 Å². The van der Waals surface area contributed by atoms with Gasteiger partial charge >= 0.3 is 6.18 Å². The monoisotopic (exact) mass is 200 g/mol. The predicted molar refractivity (Wildman–Crippen MR) is 38.9 cm³/mol. The molecule has 0 saturated heterocycles. The molecule has 0 aliphatic heterocycles. The molecule has 7 heteroatoms. The molecule has 0 aliphatic rings. The molecule has 1 amide bonds. The van der Waals surface area contributed by atoms with Crippen molar-refractivity contribution in [3.05, 3.63) is 0 Å². The minimum Gasteiger partial charge on any atom is -0.383 e. The summed E-state index contributed by atoms with van der Waals surface area (Å²) in [7, 11) is 1.30. The molecule has 1 unspecified atom stereocenters. The second-order valence-electron chi connectivity index (χ2n) is 2.39. The molecule has 3 N–H and O–H groups in total. The van der Waals surface area contributed by atoms with Gasteiger partial charge in [0.15, 0.2) is 0 Å². The van der Waals surface area contributed by atoms with Crippen LogP contribution in [0.3, 0.4) is 0 Å². The van der Waals surface area contributed by atoms with E-state index in [1.807, 2.05) is 0 Å². The van der Waals surface area contributed by atoms with Crippen LogP contribution in [0.5, 0.6) is 0 Å². The van der Waals surface area contributed by atoms with Gasteiger partial charge in [-0.2, -0.15) is 13.2 Å². The van der Waals surface area contributed by atoms with Gasteiger partial charge in [-0.15, -0.1) is 0 Å². The number of carbonyl (C=O) groups is 1. The van der Waals surface area contributed by atoms with Gasteiger partial charge in [-0.25, -0.2) is 0 Å². The van der Waals surface area contributed by atoms with Crippen molar-refractivity contribution in [2.24, 2.45) is 5.73 Å². The van der Waals surface area contributed by atoms with E-state index in [2.05, 4.69) is 4.74 Å². The third-order valence-corrected chi connectivity index (χ3v) is 1.15. The van der Waals surface area contributed by atoms with Crippen molar-refractivity contribution in [2.45, 2.75) is 12.2 Å². The van der Waals surface area contributed by atoms with Crippen molar-refractivity contribution in [3.63, 3.8) is 0 Å². The van der Waals surface area contributed by atoms with Crippen LogP contribution >= 0.6 is 0 Å². The number of alkyl halides is 3. The van der Waals surface area contributed by atoms with Crippen molar-refractivity contribution < 1.29 is 22.7 Å². The second kappa shape index (κ2) is 5.03. The standard InChI is InChI=1S/C6H11F3N2O2/c1-13-2-4(10)5(12)11-3-6(7,8)9/h4H,2-3,10H2,1H3,(H,11,12). The summed E-state index contributed by atoms with van der Waals surface area (Å²) < 4.78 is 39.2. The number of amides is 1. The average molecular weight is 200 g/mol. The number of carbonyl (C=O) groups excluding carboxylic acids is 1. The van der Waals surface area contributed by atoms with E-state index in [1.54, 1.807) is 5.32 Å². The Kier molecular flexibility index (Phi) is 4.71. The van der Waals surface area contributed by atoms with E-state index in [1.165, 1.54) is 7.11 Å². The maximum Gasteiger partial charge on any atom is 0.405 e. The van der Waals surface area contributed by atoms with E-state index in [0.717, 1.165) is 0 Å². The molecule has 0 aromatic heterocycles. The van der Waals surface area contributed by atoms with Gasteiger partial charge in [-0.05, 0) is 0 Å². The minimum absolute atomic E-state index is 0.107. The summed E-state index contributed by atoms with van der Waals surface area (Å²) in [5.41, 5.74) is 5.15. The van der Waals surface area contributed by atoms with Crippen LogP contribution < -0.4 is 11.1 Å². The van der Waals surface area contributed by atoms with Gasteiger partial charge in [0.1, 0.15) is 12.6 Å². The van der Waals surface area contributed by atoms with E-state index >= 15 is 0 Å². The lowest BCUT2D eigenvalue weighted by Crippen LogP contribution is -2.46. The van der Waals surface area contributed by atoms with Gasteiger partial charge in [-0.3, -0.25) is 4.79 Å². The number of nitrogens with one attached hydrogen (secondary N) is 1. The summed E-state index contributed by atoms with van der Waals surface area (Å²) in [6, 6.07) is -1.06. The van der Waals surface area contributed by atoms with Crippen LogP contribution in [0.25, 0.3) is 0 Å². The highest BCUT2D eigenvalue weighted by molar-refractivity contribution is 5.81. The normalized spacial score (nSPS) is 13.9. The zero-order chi connectivity index (χ0) is 10.5. The van der Waals surface area contributed by atoms with E-state index in [4.69, 9.17) is 5.73 Å². The molecule has 4 nitrogen and oxygen atoms in total. The molecule has 0 aliphatic carbocycles. The predicted octanol–water partition coefficient (Wildman–Crippen LogP) is -0.361. The highest BCUT2D eigenvalue weighted by Crippen LogP contribution is 2.11. The summed E-state index contributed by atoms with van der Waals surface area (Å²) in [6.07, 6.45) is -4.41. The number of nitrogens with two attached hydrogens (primary N) is 1. The molecule has 0 saturated carbocycles. The highest BCUT2D eigenvalue weighted by atomic mass is 19.4. The van der Waals surface area contributed by atoms with Crippen LogP contribution in [-0.2, 0) is 9.53 Å². The van der Waals surface area contributed by atoms with Gasteiger partial charge in [0.2, 0.25) is 5.91 Å². The first kappa shape index (κ1) is 12.2. The van der Waals surface area contributed by atoms with Crippen molar-refractivity contribution >= 4 is 5.91 Å². The fraction of sp³-hybridized carbons (Fsp3) is 0.833. The van der Waals surface area contributed by atoms with E-state index in [9.17, 15) is 18.0 Å². The van der Waals surface area contributed by atoms with Crippen molar-refractivity contribution in [2.75, 3.05) is 20.3 Å². The zero-order valence-corrected chi connectivity index (χ0v) is 7.02. The Morgan fingerprint density at radius 1 is 1.62 bits per heavy atom. The van der Waals surface area contributed by atoms with E-state index in [0.29, 0.717) is 0 Å². The van der Waals surface area contributed by atoms with Crippen LogP contribution in [0, 0.1) is 0 Å². The Morgan fingerprint density at radius 3 is 2.54 bits per heavy atom. The Morgan fingerprint density at radius 2 is 2.15 bits per heavy atom. The topological polar surface area (TPSA) is 64.3 Å². The molecular formula is C6H11F3N2O2. The lowest BCUT2D eigenvalue weighted by Gasteiger charge is -2.12. The number of hydrogen-bond donors (Lipinski definition) is 2. The number of methoxy groups -OCH3 is 1. The summed E-state index contributed by atoms with van der Waals surface area (Å²) >= 11 is 0. The molecule has 0 aromatic rings. The van der Waals surface area contributed by atoms with E-state index < -0.39 is 24.7 Å². The smallest absolute Gasteiger partial charge is 0.383 e. The molecule has 0 rings (SSSR count). The van der Waals surface area contributed by atoms with Crippen molar-refractivity contribution in [3.8, 4) is 0 Å². The van der Waals surface area contributed by atoms with Crippen molar-refractivity contribution in [1.29, 1.82) is 0 Å². The SMILES string of the molecule is COCC(N)C(=O)NCC(F)(F)F. The number of hydrogen-bond acceptors (Lipinski definition) is 3. The van der Waals surface area contributed by atoms with Gasteiger partial charge < -0.3 is 15.8 Å². The fourth-order valence-electron chi connectivity index (χ4n) is 0.574. The first-order valence-corrected chi connectivity index (χ1v) is 3.46. The maximum absolute atomic E-state index is 11.6. The lowest BCUT2D eigenvalue weighted by molar-refractivity contribution is -0.139. The number of halogens is 3. The largest absolute Gasteiger partial charge is 0.405 e. The molecular weight excluding hydrogens is 189 g/mol. The quantitative estimate of drug-likeness (QED) is 0.651. The third-order valence-electron chi connectivity index (χ3n) is 1.15. The lowest BCUT2D eigenvalue weighted by atomic mass is 10.3. The Labute approximate surface area is 73.2 Å². The number of rotatable bonds is 4. The van der Waals surface area contributed by atoms with Crippen LogP contribution in [-0.4, -0.2) is 38.4 Å². The molecule has 0 fully saturated rings. The average Bonchev–Trinajstić information content (AvgIpc) is 1.99. The van der Waals surface area contributed by atoms with Crippen LogP contribution in [0.1, 0.15) is 0 Å². The van der Waals surface area contributed by atoms with Gasteiger partial charge in [0.25, 0.3) is 0 Å². The molecule has 0 heterocycles. The second-order valence-corrected chi connectivity index (χ2v) is 2.39. The van der Waals surface area contributed by atoms with Crippen LogP contribution in [0.2, 0.25) is 0 Å². The fourth-order valence-corrected chi connectivity index (χ4v) is 0.574. The molecule has 1 atom stereocenters. The summed E-state index contributed by atoms with van der Waals surface area (Å²) in [4.78, 5) is 10.8. The Bertz CT molecular complexity index is 172. The summed E-state index contributed by atoms with van der Waals surface area (Å²) in [6.45, 7) is -1.48. The minimum atomic E-state index is -4.41. The van der Waals surface area contributed by atoms with Crippen LogP contribution in [0.4, 0.5) is 13.2 Å². The van der Waals surface area contributed by atoms with Crippen molar-refractivity contribution in [1.82, 2.24) is 5.32 Å². The first-order valence-electron chi connectivity index (χ1n) is 3.46. The number of ether oxygens (including phenoxy) is 1. The molecule has 0 radical (unpaired) electrons. The zero-order valence-electron chi connectivity index (χ0n) is 7.02. The summed E-state index contributed by atoms with van der Waals surface area (Å²) in [5.74, 6) is -0.876. The summed E-state index contributed by atoms with van der Waals surface area (Å²) in [5, 5.41) is 1.64. The van der Waals surface area contributed by atoms with Gasteiger partial charge in [0.05, 0.1) is 6.61 Å². The van der Waals surface area contributed by atoms with Gasteiger partial charge in [0, 0.05) is 7.11 Å². The first-order chi connectivity index (χ1) is 5.87. The van der Waals surface area contributed by atoms with E-state index in [-0.39, 0.29) is 6.61 Å². The molecule has 0 bridgehead atoms. The Balaban J connectivity index is 3.74.